The summed E-state index contributed by atoms with van der Waals surface area (Å²) in [6.45, 7) is 2.52. The molecule has 0 aromatic heterocycles. The Morgan fingerprint density at radius 1 is 0.889 bits per heavy atom. The number of nitrogens with zero attached hydrogens (tertiary/aromatic N) is 2. The van der Waals surface area contributed by atoms with Gasteiger partial charge in [0.25, 0.3) is 5.91 Å². The topological polar surface area (TPSA) is 59.1 Å². The average molecular weight is 496 g/mol. The van der Waals surface area contributed by atoms with Gasteiger partial charge in [-0.25, -0.2) is 9.96 Å². The molecule has 36 heavy (non-hydrogen) atoms. The molecule has 2 amide bonds. The zero-order valence-electron chi connectivity index (χ0n) is 19.3. The second-order valence-corrected chi connectivity index (χ2v) is 8.64. The zero-order valence-corrected chi connectivity index (χ0v) is 19.3. The van der Waals surface area contributed by atoms with Crippen molar-refractivity contribution in [3.8, 4) is 5.75 Å². The predicted octanol–water partition coefficient (Wildman–Crippen LogP) is 5.55. The minimum absolute atomic E-state index is 0.229. The summed E-state index contributed by atoms with van der Waals surface area (Å²) in [5.74, 6) is -1.53. The minimum Gasteiger partial charge on any atom is -0.494 e. The summed E-state index contributed by atoms with van der Waals surface area (Å²) in [4.78, 5) is 34.1. The molecule has 0 aliphatic carbocycles. The minimum atomic E-state index is -4.56. The van der Waals surface area contributed by atoms with Gasteiger partial charge in [-0.15, -0.1) is 0 Å². The highest BCUT2D eigenvalue weighted by atomic mass is 19.4. The SMILES string of the molecule is CCCOc1ccc(N2C(=O)[C@H]3[C@@H](c4cccc(C(F)(F)F)c4)N(c4ccccc4)O[C@H]3C2=O)cc1. The van der Waals surface area contributed by atoms with Crippen LogP contribution in [-0.2, 0) is 20.6 Å². The maximum atomic E-state index is 13.6. The van der Waals surface area contributed by atoms with Gasteiger partial charge in [0.2, 0.25) is 5.91 Å². The Kier molecular flexibility index (Phi) is 6.17. The Balaban J connectivity index is 1.53. The van der Waals surface area contributed by atoms with Gasteiger partial charge in [-0.1, -0.05) is 37.3 Å². The average Bonchev–Trinajstić information content (AvgIpc) is 3.39. The van der Waals surface area contributed by atoms with Crippen LogP contribution in [0.25, 0.3) is 0 Å². The van der Waals surface area contributed by atoms with E-state index in [1.54, 1.807) is 54.6 Å². The highest BCUT2D eigenvalue weighted by Crippen LogP contribution is 2.48. The van der Waals surface area contributed by atoms with E-state index >= 15 is 0 Å². The third-order valence-corrected chi connectivity index (χ3v) is 6.25. The van der Waals surface area contributed by atoms with Gasteiger partial charge in [-0.3, -0.25) is 14.4 Å². The molecule has 3 aromatic carbocycles. The number of carbonyl (C=O) groups excluding carboxylic acids is 2. The lowest BCUT2D eigenvalue weighted by atomic mass is 9.89. The lowest BCUT2D eigenvalue weighted by Crippen LogP contribution is -2.37. The van der Waals surface area contributed by atoms with E-state index in [0.717, 1.165) is 23.5 Å². The van der Waals surface area contributed by atoms with Crippen LogP contribution in [0.4, 0.5) is 24.5 Å². The van der Waals surface area contributed by atoms with Crippen LogP contribution >= 0.6 is 0 Å². The molecule has 6 nitrogen and oxygen atoms in total. The number of imide groups is 1. The summed E-state index contributed by atoms with van der Waals surface area (Å²) in [5, 5.41) is 1.37. The number of hydrogen-bond donors (Lipinski definition) is 0. The molecule has 0 spiro atoms. The molecular weight excluding hydrogens is 473 g/mol. The molecule has 2 saturated heterocycles. The van der Waals surface area contributed by atoms with Gasteiger partial charge in [0, 0.05) is 0 Å². The highest BCUT2D eigenvalue weighted by molar-refractivity contribution is 6.23. The molecule has 9 heteroatoms. The summed E-state index contributed by atoms with van der Waals surface area (Å²) < 4.78 is 46.0. The molecule has 5 rings (SSSR count). The first-order chi connectivity index (χ1) is 17.3. The smallest absolute Gasteiger partial charge is 0.416 e. The van der Waals surface area contributed by atoms with Gasteiger partial charge in [0.15, 0.2) is 6.10 Å². The molecule has 0 N–H and O–H groups in total. The van der Waals surface area contributed by atoms with Crippen molar-refractivity contribution in [2.45, 2.75) is 31.7 Å². The summed E-state index contributed by atoms with van der Waals surface area (Å²) >= 11 is 0. The summed E-state index contributed by atoms with van der Waals surface area (Å²) in [6.07, 6.45) is -4.90. The summed E-state index contributed by atoms with van der Waals surface area (Å²) in [5.41, 5.74) is 0.264. The number of anilines is 2. The van der Waals surface area contributed by atoms with Gasteiger partial charge >= 0.3 is 6.18 Å². The van der Waals surface area contributed by atoms with Crippen LogP contribution in [0.15, 0.2) is 78.9 Å². The summed E-state index contributed by atoms with van der Waals surface area (Å²) in [6, 6.07) is 19.1. The highest BCUT2D eigenvalue weighted by Gasteiger charge is 2.60. The van der Waals surface area contributed by atoms with Crippen molar-refractivity contribution in [3.05, 3.63) is 90.0 Å². The molecule has 3 atom stereocenters. The fourth-order valence-corrected chi connectivity index (χ4v) is 4.62. The molecule has 3 aromatic rings. The number of fused-ring (bicyclic) bond motifs is 1. The van der Waals surface area contributed by atoms with Gasteiger partial charge in [-0.2, -0.15) is 13.2 Å². The summed E-state index contributed by atoms with van der Waals surface area (Å²) in [7, 11) is 0. The molecule has 0 saturated carbocycles. The van der Waals surface area contributed by atoms with Crippen molar-refractivity contribution < 1.29 is 32.3 Å². The third kappa shape index (κ3) is 4.19. The number of para-hydroxylation sites is 1. The monoisotopic (exact) mass is 496 g/mol. The van der Waals surface area contributed by atoms with Gasteiger partial charge in [-0.05, 0) is 60.5 Å². The van der Waals surface area contributed by atoms with Crippen LogP contribution in [0.1, 0.15) is 30.5 Å². The Morgan fingerprint density at radius 3 is 2.28 bits per heavy atom. The molecule has 2 aliphatic rings. The number of hydrogen-bond acceptors (Lipinski definition) is 5. The number of hydroxylamine groups is 1. The van der Waals surface area contributed by atoms with Crippen LogP contribution in [0.2, 0.25) is 0 Å². The number of rotatable bonds is 6. The molecule has 186 valence electrons. The second-order valence-electron chi connectivity index (χ2n) is 8.64. The van der Waals surface area contributed by atoms with E-state index in [1.807, 2.05) is 6.92 Å². The van der Waals surface area contributed by atoms with Crippen LogP contribution < -0.4 is 14.7 Å². The molecule has 2 aliphatic heterocycles. The number of carbonyl (C=O) groups is 2. The van der Waals surface area contributed by atoms with E-state index in [1.165, 1.54) is 17.2 Å². The van der Waals surface area contributed by atoms with E-state index in [9.17, 15) is 22.8 Å². The van der Waals surface area contributed by atoms with Gasteiger partial charge in [0.05, 0.1) is 29.6 Å². The van der Waals surface area contributed by atoms with Crippen LogP contribution in [-0.4, -0.2) is 24.5 Å². The number of alkyl halides is 3. The molecule has 2 fully saturated rings. The fourth-order valence-electron chi connectivity index (χ4n) is 4.62. The first-order valence-corrected chi connectivity index (χ1v) is 11.6. The van der Waals surface area contributed by atoms with Gasteiger partial charge < -0.3 is 4.74 Å². The van der Waals surface area contributed by atoms with Crippen molar-refractivity contribution in [2.75, 3.05) is 16.6 Å². The first-order valence-electron chi connectivity index (χ1n) is 11.6. The zero-order chi connectivity index (χ0) is 25.4. The lowest BCUT2D eigenvalue weighted by Gasteiger charge is -2.29. The van der Waals surface area contributed by atoms with Crippen molar-refractivity contribution in [1.29, 1.82) is 0 Å². The van der Waals surface area contributed by atoms with E-state index in [0.29, 0.717) is 23.7 Å². The standard InChI is InChI=1S/C27H23F3N2O4/c1-2-15-35-21-13-11-19(12-14-21)31-25(33)22-23(17-7-6-8-18(16-17)27(28,29)30)32(36-24(22)26(31)34)20-9-4-3-5-10-20/h3-14,16,22-24H,2,15H2,1H3/t22-,23+,24+/m0/s1. The van der Waals surface area contributed by atoms with Crippen LogP contribution in [0, 0.1) is 5.92 Å². The Bertz CT molecular complexity index is 1260. The van der Waals surface area contributed by atoms with Crippen molar-refractivity contribution in [3.63, 3.8) is 0 Å². The fraction of sp³-hybridized carbons (Fsp3) is 0.259. The number of amides is 2. The van der Waals surface area contributed by atoms with E-state index in [2.05, 4.69) is 0 Å². The van der Waals surface area contributed by atoms with Crippen LogP contribution in [0.5, 0.6) is 5.75 Å². The van der Waals surface area contributed by atoms with Gasteiger partial charge in [0.1, 0.15) is 11.7 Å². The molecule has 0 bridgehead atoms. The van der Waals surface area contributed by atoms with Crippen molar-refractivity contribution in [2.24, 2.45) is 5.92 Å². The largest absolute Gasteiger partial charge is 0.494 e. The second kappa shape index (κ2) is 9.31. The van der Waals surface area contributed by atoms with Crippen molar-refractivity contribution in [1.82, 2.24) is 0 Å². The Labute approximate surface area is 205 Å². The third-order valence-electron chi connectivity index (χ3n) is 6.25. The number of halogens is 3. The van der Waals surface area contributed by atoms with E-state index < -0.39 is 41.6 Å². The molecule has 2 heterocycles. The van der Waals surface area contributed by atoms with Crippen LogP contribution in [0.3, 0.4) is 0 Å². The molecule has 0 unspecified atom stereocenters. The normalized spacial score (nSPS) is 21.7. The van der Waals surface area contributed by atoms with E-state index in [-0.39, 0.29) is 5.56 Å². The maximum Gasteiger partial charge on any atom is 0.416 e. The molecule has 0 radical (unpaired) electrons. The Hall–Kier alpha value is -3.85. The molecular formula is C27H23F3N2O4. The number of ether oxygens (including phenoxy) is 1. The number of benzene rings is 3. The quantitative estimate of drug-likeness (QED) is 0.419. The first kappa shape index (κ1) is 23.9. The Morgan fingerprint density at radius 2 is 1.61 bits per heavy atom. The lowest BCUT2D eigenvalue weighted by molar-refractivity contribution is -0.137. The van der Waals surface area contributed by atoms with Crippen molar-refractivity contribution >= 4 is 23.2 Å². The predicted molar refractivity (Wildman–Crippen MR) is 126 cm³/mol. The maximum absolute atomic E-state index is 13.6. The van der Waals surface area contributed by atoms with E-state index in [4.69, 9.17) is 9.57 Å².